The zero-order valence-corrected chi connectivity index (χ0v) is 12.0. The van der Waals surface area contributed by atoms with Gasteiger partial charge in [-0.25, -0.2) is 0 Å². The smallest absolute Gasteiger partial charge is 0.253 e. The molecule has 0 aromatic carbocycles. The largest absolute Gasteiger partial charge is 0.348 e. The Balaban J connectivity index is 1.65. The highest BCUT2D eigenvalue weighted by atomic mass is 32.1. The lowest BCUT2D eigenvalue weighted by molar-refractivity contribution is 0.0950. The first-order valence-corrected chi connectivity index (χ1v) is 7.38. The van der Waals surface area contributed by atoms with Crippen LogP contribution < -0.4 is 5.32 Å². The highest BCUT2D eigenvalue weighted by Gasteiger charge is 2.07. The van der Waals surface area contributed by atoms with Crippen molar-refractivity contribution in [1.29, 1.82) is 0 Å². The molecule has 0 saturated carbocycles. The molecule has 0 aliphatic rings. The molecule has 0 fully saturated rings. The first kappa shape index (κ1) is 13.5. The second-order valence-corrected chi connectivity index (χ2v) is 5.40. The topological polar surface area (TPSA) is 54.9 Å². The quantitative estimate of drug-likeness (QED) is 0.804. The molecule has 0 aliphatic heterocycles. The Kier molecular flexibility index (Phi) is 4.02. The van der Waals surface area contributed by atoms with Crippen LogP contribution in [0, 0.1) is 0 Å². The van der Waals surface area contributed by atoms with Crippen LogP contribution in [0.5, 0.6) is 0 Å². The van der Waals surface area contributed by atoms with Crippen LogP contribution in [0.15, 0.2) is 60.4 Å². The molecule has 0 unspecified atom stereocenters. The summed E-state index contributed by atoms with van der Waals surface area (Å²) in [6.07, 6.45) is 5.02. The van der Waals surface area contributed by atoms with E-state index in [0.717, 1.165) is 16.1 Å². The summed E-state index contributed by atoms with van der Waals surface area (Å²) in [7, 11) is 0. The Hall–Kier alpha value is -2.53. The summed E-state index contributed by atoms with van der Waals surface area (Å²) in [6.45, 7) is 0.480. The van der Waals surface area contributed by atoms with Gasteiger partial charge in [-0.2, -0.15) is 0 Å². The van der Waals surface area contributed by atoms with Crippen molar-refractivity contribution in [2.75, 3.05) is 0 Å². The molecule has 3 aromatic rings. The van der Waals surface area contributed by atoms with Crippen LogP contribution in [-0.2, 0) is 6.54 Å². The molecule has 1 amide bonds. The molecule has 3 rings (SSSR count). The van der Waals surface area contributed by atoms with E-state index in [1.165, 1.54) is 0 Å². The molecule has 1 N–H and O–H groups in total. The average Bonchev–Trinajstić information content (AvgIpc) is 3.08. The van der Waals surface area contributed by atoms with E-state index in [2.05, 4.69) is 15.3 Å². The van der Waals surface area contributed by atoms with E-state index in [9.17, 15) is 4.79 Å². The molecule has 0 aliphatic carbocycles. The summed E-state index contributed by atoms with van der Waals surface area (Å²) in [6, 6.07) is 11.4. The summed E-state index contributed by atoms with van der Waals surface area (Å²) in [5, 5.41) is 4.87. The Morgan fingerprint density at radius 3 is 2.67 bits per heavy atom. The second kappa shape index (κ2) is 6.28. The van der Waals surface area contributed by atoms with Crippen molar-refractivity contribution in [2.24, 2.45) is 0 Å². The highest BCUT2D eigenvalue weighted by Crippen LogP contribution is 2.22. The number of thiophene rings is 1. The summed E-state index contributed by atoms with van der Waals surface area (Å²) in [5.74, 6) is -0.128. The van der Waals surface area contributed by atoms with E-state index in [1.54, 1.807) is 36.0 Å². The van der Waals surface area contributed by atoms with Crippen LogP contribution in [0.3, 0.4) is 0 Å². The van der Waals surface area contributed by atoms with Gasteiger partial charge in [0.05, 0.1) is 16.1 Å². The molecular formula is C16H13N3OS. The van der Waals surface area contributed by atoms with Crippen molar-refractivity contribution in [1.82, 2.24) is 15.3 Å². The maximum atomic E-state index is 12.1. The van der Waals surface area contributed by atoms with Gasteiger partial charge in [-0.05, 0) is 41.3 Å². The van der Waals surface area contributed by atoms with E-state index in [1.807, 2.05) is 35.7 Å². The first-order chi connectivity index (χ1) is 10.3. The third-order valence-corrected chi connectivity index (χ3v) is 3.89. The van der Waals surface area contributed by atoms with Crippen molar-refractivity contribution >= 4 is 17.2 Å². The number of carbonyl (C=O) groups is 1. The van der Waals surface area contributed by atoms with Crippen molar-refractivity contribution in [3.8, 4) is 10.6 Å². The van der Waals surface area contributed by atoms with Crippen LogP contribution in [0.25, 0.3) is 10.6 Å². The fourth-order valence-corrected chi connectivity index (χ4v) is 2.59. The molecule has 104 valence electrons. The lowest BCUT2D eigenvalue weighted by atomic mass is 10.2. The Morgan fingerprint density at radius 1 is 1.14 bits per heavy atom. The predicted molar refractivity (Wildman–Crippen MR) is 83.0 cm³/mol. The van der Waals surface area contributed by atoms with Crippen molar-refractivity contribution < 1.29 is 4.79 Å². The standard InChI is InChI=1S/C16H13N3OS/c20-16(19-10-12-5-7-17-8-6-12)13-3-4-14(18-11-13)15-2-1-9-21-15/h1-9,11H,10H2,(H,19,20). The zero-order valence-electron chi connectivity index (χ0n) is 11.2. The van der Waals surface area contributed by atoms with Crippen LogP contribution >= 0.6 is 11.3 Å². The number of hydrogen-bond donors (Lipinski definition) is 1. The van der Waals surface area contributed by atoms with Crippen LogP contribution in [-0.4, -0.2) is 15.9 Å². The molecule has 21 heavy (non-hydrogen) atoms. The summed E-state index contributed by atoms with van der Waals surface area (Å²) in [5.41, 5.74) is 2.46. The summed E-state index contributed by atoms with van der Waals surface area (Å²) < 4.78 is 0. The van der Waals surface area contributed by atoms with Gasteiger partial charge in [-0.3, -0.25) is 14.8 Å². The monoisotopic (exact) mass is 295 g/mol. The number of pyridine rings is 2. The third-order valence-electron chi connectivity index (χ3n) is 3.00. The molecule has 5 heteroatoms. The Labute approximate surface area is 126 Å². The van der Waals surface area contributed by atoms with E-state index in [4.69, 9.17) is 0 Å². The minimum absolute atomic E-state index is 0.128. The summed E-state index contributed by atoms with van der Waals surface area (Å²) >= 11 is 1.63. The fraction of sp³-hybridized carbons (Fsp3) is 0.0625. The molecule has 0 radical (unpaired) electrons. The van der Waals surface area contributed by atoms with E-state index < -0.39 is 0 Å². The van der Waals surface area contributed by atoms with Crippen LogP contribution in [0.2, 0.25) is 0 Å². The minimum Gasteiger partial charge on any atom is -0.348 e. The highest BCUT2D eigenvalue weighted by molar-refractivity contribution is 7.13. The number of amides is 1. The van der Waals surface area contributed by atoms with Crippen LogP contribution in [0.1, 0.15) is 15.9 Å². The molecule has 0 spiro atoms. The molecule has 0 saturated heterocycles. The summed E-state index contributed by atoms with van der Waals surface area (Å²) in [4.78, 5) is 21.4. The van der Waals surface area contributed by atoms with Gasteiger partial charge < -0.3 is 5.32 Å². The third kappa shape index (κ3) is 3.32. The van der Waals surface area contributed by atoms with Crippen molar-refractivity contribution in [3.05, 3.63) is 71.5 Å². The number of carbonyl (C=O) groups excluding carboxylic acids is 1. The molecule has 3 aromatic heterocycles. The minimum atomic E-state index is -0.128. The number of rotatable bonds is 4. The normalized spacial score (nSPS) is 10.3. The second-order valence-electron chi connectivity index (χ2n) is 4.45. The Morgan fingerprint density at radius 2 is 2.00 bits per heavy atom. The van der Waals surface area contributed by atoms with Gasteiger partial charge in [-0.15, -0.1) is 11.3 Å². The molecule has 0 atom stereocenters. The molecule has 0 bridgehead atoms. The van der Waals surface area contributed by atoms with Gasteiger partial charge in [0.1, 0.15) is 0 Å². The lowest BCUT2D eigenvalue weighted by Crippen LogP contribution is -2.22. The van der Waals surface area contributed by atoms with E-state index in [-0.39, 0.29) is 5.91 Å². The van der Waals surface area contributed by atoms with Crippen molar-refractivity contribution in [2.45, 2.75) is 6.54 Å². The molecule has 3 heterocycles. The molecule has 4 nitrogen and oxygen atoms in total. The average molecular weight is 295 g/mol. The van der Waals surface area contributed by atoms with Crippen molar-refractivity contribution in [3.63, 3.8) is 0 Å². The lowest BCUT2D eigenvalue weighted by Gasteiger charge is -2.05. The van der Waals surface area contributed by atoms with Gasteiger partial charge in [-0.1, -0.05) is 6.07 Å². The van der Waals surface area contributed by atoms with Gasteiger partial charge in [0.2, 0.25) is 0 Å². The molecular weight excluding hydrogens is 282 g/mol. The fourth-order valence-electron chi connectivity index (χ4n) is 1.88. The van der Waals surface area contributed by atoms with Crippen LogP contribution in [0.4, 0.5) is 0 Å². The number of hydrogen-bond acceptors (Lipinski definition) is 4. The first-order valence-electron chi connectivity index (χ1n) is 6.50. The number of nitrogens with zero attached hydrogens (tertiary/aromatic N) is 2. The number of nitrogens with one attached hydrogen (secondary N) is 1. The Bertz CT molecular complexity index is 709. The van der Waals surface area contributed by atoms with Gasteiger partial charge >= 0.3 is 0 Å². The predicted octanol–water partition coefficient (Wildman–Crippen LogP) is 3.14. The zero-order chi connectivity index (χ0) is 14.5. The van der Waals surface area contributed by atoms with Gasteiger partial charge in [0.25, 0.3) is 5.91 Å². The maximum Gasteiger partial charge on any atom is 0.253 e. The van der Waals surface area contributed by atoms with Gasteiger partial charge in [0.15, 0.2) is 0 Å². The van der Waals surface area contributed by atoms with Gasteiger partial charge in [0, 0.05) is 25.1 Å². The number of aromatic nitrogens is 2. The van der Waals surface area contributed by atoms with E-state index in [0.29, 0.717) is 12.1 Å². The van der Waals surface area contributed by atoms with E-state index >= 15 is 0 Å². The maximum absolute atomic E-state index is 12.1. The SMILES string of the molecule is O=C(NCc1ccncc1)c1ccc(-c2cccs2)nc1.